The normalized spacial score (nSPS) is 23.4. The SMILES string of the molecule is Cc1oc(Br)nc1C1CCCNC1. The Bertz CT molecular complexity index is 292. The molecule has 1 aliphatic heterocycles. The van der Waals surface area contributed by atoms with Crippen LogP contribution in [0.25, 0.3) is 0 Å². The molecule has 0 amide bonds. The second-order valence-electron chi connectivity index (χ2n) is 3.45. The van der Waals surface area contributed by atoms with E-state index in [1.54, 1.807) is 0 Å². The Morgan fingerprint density at radius 3 is 3.00 bits per heavy atom. The van der Waals surface area contributed by atoms with Crippen LogP contribution >= 0.6 is 15.9 Å². The van der Waals surface area contributed by atoms with E-state index in [2.05, 4.69) is 26.2 Å². The van der Waals surface area contributed by atoms with E-state index in [9.17, 15) is 0 Å². The largest absolute Gasteiger partial charge is 0.436 e. The number of hydrogen-bond donors (Lipinski definition) is 1. The van der Waals surface area contributed by atoms with Crippen LogP contribution in [0, 0.1) is 6.92 Å². The van der Waals surface area contributed by atoms with Crippen LogP contribution in [-0.4, -0.2) is 18.1 Å². The molecule has 1 saturated heterocycles. The highest BCUT2D eigenvalue weighted by Crippen LogP contribution is 2.27. The molecule has 3 nitrogen and oxygen atoms in total. The molecule has 1 aromatic rings. The zero-order chi connectivity index (χ0) is 9.26. The van der Waals surface area contributed by atoms with Crippen molar-refractivity contribution < 1.29 is 4.42 Å². The molecule has 0 bridgehead atoms. The lowest BCUT2D eigenvalue weighted by Gasteiger charge is -2.20. The first-order valence-corrected chi connectivity index (χ1v) is 5.40. The van der Waals surface area contributed by atoms with Crippen molar-refractivity contribution >= 4 is 15.9 Å². The average Bonchev–Trinajstić information content (AvgIpc) is 2.47. The average molecular weight is 245 g/mol. The van der Waals surface area contributed by atoms with E-state index in [1.807, 2.05) is 6.92 Å². The summed E-state index contributed by atoms with van der Waals surface area (Å²) in [4.78, 5) is 4.95. The summed E-state index contributed by atoms with van der Waals surface area (Å²) in [6, 6.07) is 0. The molecule has 13 heavy (non-hydrogen) atoms. The number of halogens is 1. The first kappa shape index (κ1) is 9.21. The van der Waals surface area contributed by atoms with E-state index in [0.29, 0.717) is 10.7 Å². The van der Waals surface area contributed by atoms with Gasteiger partial charge in [-0.1, -0.05) is 0 Å². The van der Waals surface area contributed by atoms with E-state index in [-0.39, 0.29) is 0 Å². The van der Waals surface area contributed by atoms with Gasteiger partial charge < -0.3 is 9.73 Å². The molecule has 2 heterocycles. The lowest BCUT2D eigenvalue weighted by Crippen LogP contribution is -2.28. The fraction of sp³-hybridized carbons (Fsp3) is 0.667. The van der Waals surface area contributed by atoms with Crippen molar-refractivity contribution in [3.63, 3.8) is 0 Å². The van der Waals surface area contributed by atoms with E-state index < -0.39 is 0 Å². The number of oxazole rings is 1. The van der Waals surface area contributed by atoms with Crippen LogP contribution in [-0.2, 0) is 0 Å². The summed E-state index contributed by atoms with van der Waals surface area (Å²) in [7, 11) is 0. The number of rotatable bonds is 1. The van der Waals surface area contributed by atoms with Gasteiger partial charge in [0, 0.05) is 28.4 Å². The Hall–Kier alpha value is -0.350. The number of nitrogens with zero attached hydrogens (tertiary/aromatic N) is 1. The summed E-state index contributed by atoms with van der Waals surface area (Å²) < 4.78 is 5.35. The van der Waals surface area contributed by atoms with Gasteiger partial charge in [-0.25, -0.2) is 4.98 Å². The molecule has 1 unspecified atom stereocenters. The van der Waals surface area contributed by atoms with Crippen LogP contribution < -0.4 is 5.32 Å². The smallest absolute Gasteiger partial charge is 0.264 e. The van der Waals surface area contributed by atoms with Crippen LogP contribution in [0.2, 0.25) is 0 Å². The molecule has 1 N–H and O–H groups in total. The van der Waals surface area contributed by atoms with Gasteiger partial charge >= 0.3 is 0 Å². The zero-order valence-corrected chi connectivity index (χ0v) is 9.23. The summed E-state index contributed by atoms with van der Waals surface area (Å²) in [6.45, 7) is 4.14. The van der Waals surface area contributed by atoms with Crippen molar-refractivity contribution in [1.82, 2.24) is 10.3 Å². The fourth-order valence-electron chi connectivity index (χ4n) is 1.84. The minimum absolute atomic E-state index is 0.531. The van der Waals surface area contributed by atoms with E-state index in [1.165, 1.54) is 12.8 Å². The Morgan fingerprint density at radius 2 is 2.46 bits per heavy atom. The third-order valence-electron chi connectivity index (χ3n) is 2.49. The Labute approximate surface area is 86.0 Å². The number of aromatic nitrogens is 1. The second kappa shape index (κ2) is 3.80. The van der Waals surface area contributed by atoms with Crippen molar-refractivity contribution in [3.8, 4) is 0 Å². The van der Waals surface area contributed by atoms with Gasteiger partial charge in [0.15, 0.2) is 0 Å². The van der Waals surface area contributed by atoms with Crippen molar-refractivity contribution in [3.05, 3.63) is 16.3 Å². The molecule has 0 spiro atoms. The third kappa shape index (κ3) is 1.94. The first-order valence-electron chi connectivity index (χ1n) is 4.61. The quantitative estimate of drug-likeness (QED) is 0.824. The maximum Gasteiger partial charge on any atom is 0.264 e. The molecule has 72 valence electrons. The number of nitrogens with one attached hydrogen (secondary N) is 1. The van der Waals surface area contributed by atoms with Gasteiger partial charge in [0.2, 0.25) is 0 Å². The van der Waals surface area contributed by atoms with Gasteiger partial charge in [0.05, 0.1) is 5.69 Å². The second-order valence-corrected chi connectivity index (χ2v) is 4.13. The van der Waals surface area contributed by atoms with E-state index in [0.717, 1.165) is 24.5 Å². The van der Waals surface area contributed by atoms with Gasteiger partial charge in [-0.2, -0.15) is 0 Å². The monoisotopic (exact) mass is 244 g/mol. The third-order valence-corrected chi connectivity index (χ3v) is 2.83. The lowest BCUT2D eigenvalue weighted by molar-refractivity contribution is 0.446. The summed E-state index contributed by atoms with van der Waals surface area (Å²) in [5.41, 5.74) is 1.11. The molecule has 0 saturated carbocycles. The van der Waals surface area contributed by atoms with Crippen molar-refractivity contribution in [2.75, 3.05) is 13.1 Å². The van der Waals surface area contributed by atoms with Crippen molar-refractivity contribution in [1.29, 1.82) is 0 Å². The minimum Gasteiger partial charge on any atom is -0.436 e. The molecule has 0 aromatic carbocycles. The van der Waals surface area contributed by atoms with Crippen LogP contribution in [0.15, 0.2) is 9.22 Å². The number of hydrogen-bond acceptors (Lipinski definition) is 3. The van der Waals surface area contributed by atoms with Crippen molar-refractivity contribution in [2.45, 2.75) is 25.7 Å². The van der Waals surface area contributed by atoms with Gasteiger partial charge in [-0.15, -0.1) is 0 Å². The highest BCUT2D eigenvalue weighted by atomic mass is 79.9. The zero-order valence-electron chi connectivity index (χ0n) is 7.64. The van der Waals surface area contributed by atoms with Gasteiger partial charge in [0.1, 0.15) is 5.76 Å². The molecular formula is C9H13BrN2O. The summed E-state index contributed by atoms with van der Waals surface area (Å²) in [6.07, 6.45) is 2.45. The van der Waals surface area contributed by atoms with E-state index in [4.69, 9.17) is 4.42 Å². The maximum absolute atomic E-state index is 5.35. The summed E-state index contributed by atoms with van der Waals surface area (Å²) >= 11 is 3.25. The molecule has 1 fully saturated rings. The predicted octanol–water partition coefficient (Wildman–Crippen LogP) is 2.21. The Kier molecular flexibility index (Phi) is 2.69. The maximum atomic E-state index is 5.35. The Balaban J connectivity index is 2.18. The van der Waals surface area contributed by atoms with E-state index >= 15 is 0 Å². The molecule has 1 atom stereocenters. The minimum atomic E-state index is 0.531. The highest BCUT2D eigenvalue weighted by Gasteiger charge is 2.21. The Morgan fingerprint density at radius 1 is 1.62 bits per heavy atom. The number of piperidine rings is 1. The molecule has 2 rings (SSSR count). The van der Waals surface area contributed by atoms with Gasteiger partial charge in [0.25, 0.3) is 4.80 Å². The molecular weight excluding hydrogens is 232 g/mol. The first-order chi connectivity index (χ1) is 6.27. The van der Waals surface area contributed by atoms with Crippen LogP contribution in [0.3, 0.4) is 0 Å². The predicted molar refractivity (Wildman–Crippen MR) is 53.8 cm³/mol. The summed E-state index contributed by atoms with van der Waals surface area (Å²) in [5.74, 6) is 1.48. The van der Waals surface area contributed by atoms with Crippen molar-refractivity contribution in [2.24, 2.45) is 0 Å². The van der Waals surface area contributed by atoms with Gasteiger partial charge in [-0.05, 0) is 26.3 Å². The van der Waals surface area contributed by atoms with Crippen LogP contribution in [0.5, 0.6) is 0 Å². The molecule has 4 heteroatoms. The lowest BCUT2D eigenvalue weighted by atomic mass is 9.95. The van der Waals surface area contributed by atoms with Crippen LogP contribution in [0.4, 0.5) is 0 Å². The summed E-state index contributed by atoms with van der Waals surface area (Å²) in [5, 5.41) is 3.37. The topological polar surface area (TPSA) is 38.1 Å². The molecule has 1 aromatic heterocycles. The fourth-order valence-corrected chi connectivity index (χ4v) is 2.27. The van der Waals surface area contributed by atoms with Gasteiger partial charge in [-0.3, -0.25) is 0 Å². The molecule has 0 aliphatic carbocycles. The molecule has 0 radical (unpaired) electrons. The number of aryl methyl sites for hydroxylation is 1. The standard InChI is InChI=1S/C9H13BrN2O/c1-6-8(12-9(10)13-6)7-3-2-4-11-5-7/h7,11H,2-5H2,1H3. The van der Waals surface area contributed by atoms with Crippen LogP contribution in [0.1, 0.15) is 30.2 Å². The molecule has 1 aliphatic rings. The highest BCUT2D eigenvalue weighted by molar-refractivity contribution is 9.10.